The van der Waals surface area contributed by atoms with Gasteiger partial charge in [0.25, 0.3) is 0 Å². The summed E-state index contributed by atoms with van der Waals surface area (Å²) >= 11 is 5.22. The maximum Gasteiger partial charge on any atom is 0.335 e. The van der Waals surface area contributed by atoms with E-state index in [0.29, 0.717) is 29.2 Å². The maximum absolute atomic E-state index is 10.9. The van der Waals surface area contributed by atoms with E-state index < -0.39 is 5.97 Å². The van der Waals surface area contributed by atoms with Crippen LogP contribution in [0.3, 0.4) is 0 Å². The van der Waals surface area contributed by atoms with Crippen LogP contribution in [0, 0.1) is 0 Å². The third kappa shape index (κ3) is 6.89. The molecule has 5 N–H and O–H groups in total. The van der Waals surface area contributed by atoms with Crippen LogP contribution in [0.25, 0.3) is 0 Å². The third-order valence-corrected chi connectivity index (χ3v) is 5.54. The predicted molar refractivity (Wildman–Crippen MR) is 138 cm³/mol. The van der Waals surface area contributed by atoms with Crippen molar-refractivity contribution < 1.29 is 15.0 Å². The number of rotatable bonds is 10. The van der Waals surface area contributed by atoms with Crippen LogP contribution >= 0.6 is 12.2 Å². The summed E-state index contributed by atoms with van der Waals surface area (Å²) in [5.41, 5.74) is 7.33. The monoisotopic (exact) mass is 479 g/mol. The summed E-state index contributed by atoms with van der Waals surface area (Å²) in [5.74, 6) is -0.941. The van der Waals surface area contributed by atoms with Gasteiger partial charge in [-0.15, -0.1) is 0 Å². The fourth-order valence-corrected chi connectivity index (χ4v) is 3.56. The molecule has 0 saturated heterocycles. The molecular formula is C25H29N5O3S. The number of hydrogen-bond acceptors (Lipinski definition) is 5. The van der Waals surface area contributed by atoms with E-state index in [1.165, 1.54) is 37.0 Å². The molecule has 0 aliphatic rings. The summed E-state index contributed by atoms with van der Waals surface area (Å²) in [6, 6.07) is 14.6. The third-order valence-electron chi connectivity index (χ3n) is 5.34. The molecular weight excluding hydrogens is 450 g/mol. The van der Waals surface area contributed by atoms with Crippen molar-refractivity contribution in [3.63, 3.8) is 0 Å². The molecule has 3 rings (SSSR count). The molecule has 9 heteroatoms. The minimum atomic E-state index is -0.995. The number of anilines is 1. The van der Waals surface area contributed by atoms with Gasteiger partial charge in [0, 0.05) is 12.1 Å². The van der Waals surface area contributed by atoms with Crippen molar-refractivity contribution in [3.05, 3.63) is 76.6 Å². The molecule has 3 aromatic rings. The van der Waals surface area contributed by atoms with Crippen molar-refractivity contribution in [2.75, 3.05) is 5.32 Å². The van der Waals surface area contributed by atoms with Gasteiger partial charge in [-0.1, -0.05) is 44.0 Å². The van der Waals surface area contributed by atoms with Crippen LogP contribution in [-0.2, 0) is 12.8 Å². The number of thiocarbonyl (C=S) groups is 1. The van der Waals surface area contributed by atoms with Gasteiger partial charge in [0.15, 0.2) is 10.9 Å². The number of aromatic amines is 1. The lowest BCUT2D eigenvalue weighted by molar-refractivity contribution is 0.0697. The number of aromatic nitrogens is 2. The zero-order chi connectivity index (χ0) is 24.5. The highest BCUT2D eigenvalue weighted by Gasteiger charge is 2.15. The van der Waals surface area contributed by atoms with Crippen molar-refractivity contribution in [1.29, 1.82) is 0 Å². The molecule has 0 bridgehead atoms. The number of nitrogens with zero attached hydrogens (tertiary/aromatic N) is 2. The number of carbonyl (C=O) groups is 1. The molecule has 0 atom stereocenters. The highest BCUT2D eigenvalue weighted by molar-refractivity contribution is 7.80. The number of unbranched alkanes of at least 4 members (excludes halogenated alkanes) is 2. The van der Waals surface area contributed by atoms with Crippen LogP contribution in [0.5, 0.6) is 5.75 Å². The van der Waals surface area contributed by atoms with Gasteiger partial charge < -0.3 is 15.5 Å². The van der Waals surface area contributed by atoms with E-state index in [-0.39, 0.29) is 16.4 Å². The molecule has 1 heterocycles. The number of carboxylic acid groups (broad SMARTS) is 1. The highest BCUT2D eigenvalue weighted by Crippen LogP contribution is 2.23. The number of aromatic carboxylic acids is 1. The Morgan fingerprint density at radius 3 is 2.41 bits per heavy atom. The lowest BCUT2D eigenvalue weighted by Gasteiger charge is -2.08. The minimum Gasteiger partial charge on any atom is -0.504 e. The highest BCUT2D eigenvalue weighted by atomic mass is 32.1. The normalized spacial score (nSPS) is 11.3. The second-order valence-corrected chi connectivity index (χ2v) is 8.40. The SMILES string of the molecule is CCCCCc1ccc(Cc2[nH]nc(/C(C)=N\NC(=S)Nc3ccc(C(=O)O)cc3)c2O)cc1. The van der Waals surface area contributed by atoms with E-state index in [0.717, 1.165) is 12.0 Å². The number of nitrogens with one attached hydrogen (secondary N) is 3. The lowest BCUT2D eigenvalue weighted by atomic mass is 10.0. The van der Waals surface area contributed by atoms with Gasteiger partial charge in [0.05, 0.1) is 17.0 Å². The fraction of sp³-hybridized carbons (Fsp3) is 0.280. The molecule has 0 amide bonds. The largest absolute Gasteiger partial charge is 0.504 e. The first-order chi connectivity index (χ1) is 16.4. The smallest absolute Gasteiger partial charge is 0.335 e. The first-order valence-corrected chi connectivity index (χ1v) is 11.6. The molecule has 0 radical (unpaired) electrons. The molecule has 0 aliphatic heterocycles. The van der Waals surface area contributed by atoms with Gasteiger partial charge in [-0.3, -0.25) is 10.5 Å². The van der Waals surface area contributed by atoms with Crippen molar-refractivity contribution in [2.24, 2.45) is 5.10 Å². The Hall–Kier alpha value is -3.72. The Morgan fingerprint density at radius 2 is 1.76 bits per heavy atom. The Kier molecular flexibility index (Phi) is 8.75. The lowest BCUT2D eigenvalue weighted by Crippen LogP contribution is -2.25. The number of aryl methyl sites for hydroxylation is 1. The van der Waals surface area contributed by atoms with Crippen molar-refractivity contribution in [1.82, 2.24) is 15.6 Å². The zero-order valence-electron chi connectivity index (χ0n) is 19.3. The van der Waals surface area contributed by atoms with Crippen LogP contribution in [0.15, 0.2) is 53.6 Å². The first-order valence-electron chi connectivity index (χ1n) is 11.2. The van der Waals surface area contributed by atoms with Crippen LogP contribution < -0.4 is 10.7 Å². The van der Waals surface area contributed by atoms with Crippen molar-refractivity contribution >= 4 is 34.7 Å². The molecule has 2 aromatic carbocycles. The topological polar surface area (TPSA) is 123 Å². The van der Waals surface area contributed by atoms with E-state index in [4.69, 9.17) is 17.3 Å². The molecule has 178 valence electrons. The maximum atomic E-state index is 10.9. The summed E-state index contributed by atoms with van der Waals surface area (Å²) in [6.07, 6.45) is 5.26. The molecule has 0 unspecified atom stereocenters. The Morgan fingerprint density at radius 1 is 1.09 bits per heavy atom. The number of hydrazone groups is 1. The number of hydrogen-bond donors (Lipinski definition) is 5. The molecule has 0 fully saturated rings. The Bertz CT molecular complexity index is 1150. The van der Waals surface area contributed by atoms with Crippen molar-refractivity contribution in [3.8, 4) is 5.75 Å². The average Bonchev–Trinajstić information content (AvgIpc) is 3.19. The van der Waals surface area contributed by atoms with E-state index in [2.05, 4.69) is 57.2 Å². The molecule has 1 aromatic heterocycles. The standard InChI is InChI=1S/C25H29N5O3S/c1-3-4-5-6-17-7-9-18(10-8-17)15-21-23(31)22(29-28-21)16(2)27-30-25(34)26-20-13-11-19(12-14-20)24(32)33/h7-14,31H,3-6,15H2,1-2H3,(H,28,29)(H,32,33)(H2,26,30,34)/b27-16-. The van der Waals surface area contributed by atoms with Crippen molar-refractivity contribution in [2.45, 2.75) is 46.0 Å². The van der Waals surface area contributed by atoms with Gasteiger partial charge in [-0.2, -0.15) is 10.2 Å². The summed E-state index contributed by atoms with van der Waals surface area (Å²) < 4.78 is 0. The Labute approximate surface area is 204 Å². The van der Waals surface area contributed by atoms with Gasteiger partial charge in [0.1, 0.15) is 5.69 Å². The average molecular weight is 480 g/mol. The predicted octanol–water partition coefficient (Wildman–Crippen LogP) is 4.85. The van der Waals surface area contributed by atoms with E-state index in [1.807, 2.05) is 0 Å². The van der Waals surface area contributed by atoms with Gasteiger partial charge in [0.2, 0.25) is 0 Å². The number of carboxylic acids is 1. The molecule has 0 aliphatic carbocycles. The summed E-state index contributed by atoms with van der Waals surface area (Å²) in [7, 11) is 0. The molecule has 34 heavy (non-hydrogen) atoms. The van der Waals surface area contributed by atoms with Crippen LogP contribution in [0.1, 0.15) is 66.0 Å². The first kappa shape index (κ1) is 24.9. The quantitative estimate of drug-likeness (QED) is 0.122. The van der Waals surface area contributed by atoms with Crippen LogP contribution in [0.4, 0.5) is 5.69 Å². The van der Waals surface area contributed by atoms with Gasteiger partial charge >= 0.3 is 5.97 Å². The number of benzene rings is 2. The fourth-order valence-electron chi connectivity index (χ4n) is 3.40. The van der Waals surface area contributed by atoms with Gasteiger partial charge in [-0.25, -0.2) is 4.79 Å². The molecule has 0 spiro atoms. The van der Waals surface area contributed by atoms with Crippen LogP contribution in [-0.4, -0.2) is 37.2 Å². The second kappa shape index (κ2) is 11.9. The molecule has 0 saturated carbocycles. The summed E-state index contributed by atoms with van der Waals surface area (Å²) in [4.78, 5) is 10.9. The number of aromatic hydroxyl groups is 1. The minimum absolute atomic E-state index is 0.0539. The number of H-pyrrole nitrogens is 1. The Balaban J connectivity index is 1.57. The van der Waals surface area contributed by atoms with E-state index in [9.17, 15) is 9.90 Å². The van der Waals surface area contributed by atoms with Crippen LogP contribution in [0.2, 0.25) is 0 Å². The molecule has 8 nitrogen and oxygen atoms in total. The van der Waals surface area contributed by atoms with Gasteiger partial charge in [-0.05, 0) is 67.4 Å². The zero-order valence-corrected chi connectivity index (χ0v) is 20.1. The summed E-state index contributed by atoms with van der Waals surface area (Å²) in [6.45, 7) is 3.91. The summed E-state index contributed by atoms with van der Waals surface area (Å²) in [5, 5.41) is 34.0. The van der Waals surface area contributed by atoms with E-state index >= 15 is 0 Å². The van der Waals surface area contributed by atoms with E-state index in [1.54, 1.807) is 19.1 Å². The second-order valence-electron chi connectivity index (χ2n) is 8.00.